The Morgan fingerprint density at radius 1 is 1.19 bits per heavy atom. The van der Waals surface area contributed by atoms with Crippen LogP contribution in [0.4, 0.5) is 5.69 Å². The van der Waals surface area contributed by atoms with Gasteiger partial charge in [-0.25, -0.2) is 0 Å². The summed E-state index contributed by atoms with van der Waals surface area (Å²) >= 11 is -3.48. The van der Waals surface area contributed by atoms with E-state index in [1.807, 2.05) is 35.0 Å². The van der Waals surface area contributed by atoms with E-state index in [9.17, 15) is 4.79 Å². The van der Waals surface area contributed by atoms with Crippen molar-refractivity contribution in [1.82, 2.24) is 0 Å². The van der Waals surface area contributed by atoms with E-state index in [1.54, 1.807) is 24.4 Å². The van der Waals surface area contributed by atoms with Crippen molar-refractivity contribution < 1.29 is 20.4 Å². The molecule has 0 aliphatic carbocycles. The number of fused-ring (bicyclic) bond motifs is 2. The van der Waals surface area contributed by atoms with Crippen molar-refractivity contribution in [2.75, 3.05) is 13.7 Å². The van der Waals surface area contributed by atoms with Gasteiger partial charge in [0.25, 0.3) is 0 Å². The summed E-state index contributed by atoms with van der Waals surface area (Å²) in [6.45, 7) is 2.47. The number of para-hydroxylation sites is 1. The Hall–Kier alpha value is -2.22. The third-order valence-corrected chi connectivity index (χ3v) is 7.75. The zero-order chi connectivity index (χ0) is 18.7. The van der Waals surface area contributed by atoms with Gasteiger partial charge in [0.1, 0.15) is 0 Å². The Morgan fingerprint density at radius 3 is 2.73 bits per heavy atom. The molecule has 0 radical (unpaired) electrons. The third-order valence-electron chi connectivity index (χ3n) is 3.74. The van der Waals surface area contributed by atoms with Gasteiger partial charge in [-0.3, -0.25) is 0 Å². The molecular formula is C19H21NO5Sn. The van der Waals surface area contributed by atoms with Crippen molar-refractivity contribution in [1.29, 1.82) is 0 Å². The monoisotopic (exact) mass is 463 g/mol. The van der Waals surface area contributed by atoms with Gasteiger partial charge in [0, 0.05) is 0 Å². The van der Waals surface area contributed by atoms with Crippen LogP contribution in [0.15, 0.2) is 41.4 Å². The van der Waals surface area contributed by atoms with E-state index in [2.05, 4.69) is 4.99 Å². The number of esters is 1. The molecule has 2 aromatic carbocycles. The first-order chi connectivity index (χ1) is 12.4. The van der Waals surface area contributed by atoms with Gasteiger partial charge in [0.05, 0.1) is 0 Å². The van der Waals surface area contributed by atoms with E-state index in [0.717, 1.165) is 5.56 Å². The Morgan fingerprint density at radius 2 is 2.00 bits per heavy atom. The maximum absolute atomic E-state index is 11.8. The number of carbonyl (C=O) groups is 1. The zero-order valence-corrected chi connectivity index (χ0v) is 18.1. The fraction of sp³-hybridized carbons (Fsp3) is 0.263. The number of hydrogen-bond donors (Lipinski definition) is 0. The molecule has 0 bridgehead atoms. The van der Waals surface area contributed by atoms with Crippen LogP contribution in [-0.2, 0) is 4.74 Å². The van der Waals surface area contributed by atoms with Gasteiger partial charge < -0.3 is 0 Å². The summed E-state index contributed by atoms with van der Waals surface area (Å²) in [6.07, 6.45) is 1.73. The van der Waals surface area contributed by atoms with Crippen molar-refractivity contribution in [2.24, 2.45) is 4.99 Å². The maximum atomic E-state index is 11.8. The van der Waals surface area contributed by atoms with E-state index in [4.69, 9.17) is 15.6 Å². The quantitative estimate of drug-likeness (QED) is 0.508. The standard InChI is InChI=1S/C17H17NO5.2CH3.Sn/c1-3-23-15-6-4-5-12(16(15)20)10-18-13-8-7-11(9-14(13)19)17(21)22-2;;;/h4-10,19-20H,3H2,1-2H3;2*1H3;/q;;;+2/p-2. The van der Waals surface area contributed by atoms with Gasteiger partial charge in [-0.2, -0.15) is 0 Å². The molecule has 0 amide bonds. The fourth-order valence-electron chi connectivity index (χ4n) is 2.63. The van der Waals surface area contributed by atoms with Crippen LogP contribution in [0.2, 0.25) is 9.88 Å². The number of methoxy groups -OCH3 is 1. The molecule has 1 heterocycles. The Kier molecular flexibility index (Phi) is 5.41. The number of ether oxygens (including phenoxy) is 2. The summed E-state index contributed by atoms with van der Waals surface area (Å²) in [5, 5.41) is 0. The van der Waals surface area contributed by atoms with Gasteiger partial charge in [-0.15, -0.1) is 0 Å². The molecule has 136 valence electrons. The topological polar surface area (TPSA) is 66.4 Å². The molecule has 0 aromatic heterocycles. The molecule has 2 aromatic rings. The summed E-state index contributed by atoms with van der Waals surface area (Å²) < 4.78 is 23.1. The van der Waals surface area contributed by atoms with E-state index < -0.39 is 25.2 Å². The van der Waals surface area contributed by atoms with Crippen LogP contribution >= 0.6 is 0 Å². The second-order valence-electron chi connectivity index (χ2n) is 6.14. The summed E-state index contributed by atoms with van der Waals surface area (Å²) in [7, 11) is 1.35. The summed E-state index contributed by atoms with van der Waals surface area (Å²) in [6, 6.07) is 10.8. The van der Waals surface area contributed by atoms with Crippen molar-refractivity contribution in [3.63, 3.8) is 0 Å². The molecule has 26 heavy (non-hydrogen) atoms. The molecule has 0 saturated carbocycles. The molecule has 0 spiro atoms. The molecular weight excluding hydrogens is 441 g/mol. The van der Waals surface area contributed by atoms with Crippen LogP contribution in [0, 0.1) is 0 Å². The van der Waals surface area contributed by atoms with E-state index in [1.165, 1.54) is 7.11 Å². The molecule has 0 N–H and O–H groups in total. The first-order valence-corrected chi connectivity index (χ1v) is 16.4. The number of aliphatic imine (C=N–C) groups is 1. The minimum atomic E-state index is -3.48. The average Bonchev–Trinajstić information content (AvgIpc) is 2.66. The summed E-state index contributed by atoms with van der Waals surface area (Å²) in [5.41, 5.74) is 1.88. The molecule has 0 saturated heterocycles. The van der Waals surface area contributed by atoms with E-state index >= 15 is 0 Å². The Bertz CT molecular complexity index is 863. The molecule has 6 nitrogen and oxygen atoms in total. The van der Waals surface area contributed by atoms with Crippen molar-refractivity contribution in [2.45, 2.75) is 16.8 Å². The van der Waals surface area contributed by atoms with Gasteiger partial charge in [0.15, 0.2) is 0 Å². The number of carbonyl (C=O) groups excluding carboxylic acids is 1. The number of hydrogen-bond acceptors (Lipinski definition) is 6. The van der Waals surface area contributed by atoms with Crippen molar-refractivity contribution in [3.05, 3.63) is 47.5 Å². The molecule has 7 heteroatoms. The van der Waals surface area contributed by atoms with Crippen LogP contribution in [0.25, 0.3) is 0 Å². The van der Waals surface area contributed by atoms with Gasteiger partial charge >= 0.3 is 158 Å². The number of benzene rings is 2. The Balaban J connectivity index is 2.10. The first-order valence-electron chi connectivity index (χ1n) is 8.34. The fourth-order valence-corrected chi connectivity index (χ4v) is 6.75. The van der Waals surface area contributed by atoms with Gasteiger partial charge in [-0.1, -0.05) is 0 Å². The molecule has 1 aliphatic heterocycles. The predicted octanol–water partition coefficient (Wildman–Crippen LogP) is 4.10. The van der Waals surface area contributed by atoms with Gasteiger partial charge in [-0.05, 0) is 0 Å². The summed E-state index contributed by atoms with van der Waals surface area (Å²) in [4.78, 5) is 20.4. The molecule has 0 atom stereocenters. The third kappa shape index (κ3) is 3.95. The van der Waals surface area contributed by atoms with Crippen LogP contribution in [0.3, 0.4) is 0 Å². The number of nitrogens with zero attached hydrogens (tertiary/aromatic N) is 1. The van der Waals surface area contributed by atoms with Crippen LogP contribution < -0.4 is 10.9 Å². The molecule has 0 fully saturated rings. The number of rotatable bonds is 3. The second kappa shape index (κ2) is 7.57. The Labute approximate surface area is 157 Å². The summed E-state index contributed by atoms with van der Waals surface area (Å²) in [5.74, 6) is 1.43. The van der Waals surface area contributed by atoms with E-state index in [0.29, 0.717) is 35.1 Å². The predicted molar refractivity (Wildman–Crippen MR) is 101 cm³/mol. The zero-order valence-electron chi connectivity index (χ0n) is 15.2. The molecule has 3 rings (SSSR count). The first kappa shape index (κ1) is 18.6. The normalized spacial score (nSPS) is 14.5. The van der Waals surface area contributed by atoms with Gasteiger partial charge in [0.2, 0.25) is 0 Å². The molecule has 0 unspecified atom stereocenters. The van der Waals surface area contributed by atoms with Crippen molar-refractivity contribution in [3.8, 4) is 17.2 Å². The van der Waals surface area contributed by atoms with Crippen LogP contribution in [0.1, 0.15) is 22.8 Å². The SMILES string of the molecule is CCOc1cccc2c1[O][Sn]([CH3])([CH3])[O]c1cc(C(=O)OC)ccc1N=C2. The molecule has 1 aliphatic rings. The average molecular weight is 462 g/mol. The van der Waals surface area contributed by atoms with Crippen LogP contribution in [0.5, 0.6) is 17.2 Å². The second-order valence-corrected chi connectivity index (χ2v) is 15.3. The van der Waals surface area contributed by atoms with E-state index in [-0.39, 0.29) is 0 Å². The minimum absolute atomic E-state index is 0.412. The van der Waals surface area contributed by atoms with Crippen molar-refractivity contribution >= 4 is 37.1 Å². The van der Waals surface area contributed by atoms with Crippen LogP contribution in [-0.4, -0.2) is 45.1 Å².